The zero-order valence-electron chi connectivity index (χ0n) is 26.4. The number of methoxy groups -OCH3 is 1. The van der Waals surface area contributed by atoms with Gasteiger partial charge in [0.25, 0.3) is 0 Å². The lowest BCUT2D eigenvalue weighted by Crippen LogP contribution is -2.71. The first-order valence-corrected chi connectivity index (χ1v) is 15.4. The Morgan fingerprint density at radius 3 is 2.47 bits per heavy atom. The number of ether oxygens (including phenoxy) is 5. The van der Waals surface area contributed by atoms with E-state index in [0.29, 0.717) is 18.6 Å². The van der Waals surface area contributed by atoms with Crippen molar-refractivity contribution in [1.29, 1.82) is 0 Å². The molecule has 3 heterocycles. The maximum atomic E-state index is 13.4. The molecule has 0 amide bonds. The highest BCUT2D eigenvalue weighted by Gasteiger charge is 2.78. The van der Waals surface area contributed by atoms with Crippen LogP contribution in [0.5, 0.6) is 0 Å². The smallest absolute Gasteiger partial charge is 0.333 e. The summed E-state index contributed by atoms with van der Waals surface area (Å²) in [5.41, 5.74) is 2.08. The van der Waals surface area contributed by atoms with Gasteiger partial charge in [0, 0.05) is 53.4 Å². The Morgan fingerprint density at radius 2 is 1.84 bits per heavy atom. The third-order valence-electron chi connectivity index (χ3n) is 12.0. The molecule has 0 unspecified atom stereocenters. The van der Waals surface area contributed by atoms with E-state index in [1.54, 1.807) is 32.4 Å². The molecule has 0 aromatic carbocycles. The summed E-state index contributed by atoms with van der Waals surface area (Å²) in [7, 11) is 1.41. The highest BCUT2D eigenvalue weighted by molar-refractivity contribution is 5.87. The maximum Gasteiger partial charge on any atom is 0.333 e. The summed E-state index contributed by atoms with van der Waals surface area (Å²) in [5, 5.41) is 0. The van der Waals surface area contributed by atoms with Gasteiger partial charge in [-0.25, -0.2) is 4.79 Å². The lowest BCUT2D eigenvalue weighted by Gasteiger charge is -2.65. The molecular weight excluding hydrogens is 552 g/mol. The molecule has 5 aliphatic rings. The van der Waals surface area contributed by atoms with Crippen molar-refractivity contribution in [3.05, 3.63) is 47.0 Å². The van der Waals surface area contributed by atoms with Gasteiger partial charge in [-0.1, -0.05) is 32.4 Å². The number of esters is 3. The van der Waals surface area contributed by atoms with Crippen LogP contribution < -0.4 is 0 Å². The Kier molecular flexibility index (Phi) is 7.24. The van der Waals surface area contributed by atoms with Crippen molar-refractivity contribution < 1.29 is 42.5 Å². The number of fused-ring (bicyclic) bond motifs is 4. The molecule has 11 atom stereocenters. The molecule has 9 heteroatoms. The first-order valence-electron chi connectivity index (χ1n) is 15.4. The number of carbonyl (C=O) groups excluding carboxylic acids is 3. The van der Waals surface area contributed by atoms with Gasteiger partial charge in [-0.2, -0.15) is 0 Å². The molecule has 43 heavy (non-hydrogen) atoms. The predicted molar refractivity (Wildman–Crippen MR) is 155 cm³/mol. The second-order valence-corrected chi connectivity index (χ2v) is 13.9. The quantitative estimate of drug-likeness (QED) is 0.187. The van der Waals surface area contributed by atoms with E-state index in [2.05, 4.69) is 27.7 Å². The molecular formula is C34H44O9. The molecule has 234 valence electrons. The fourth-order valence-electron chi connectivity index (χ4n) is 10.0. The topological polar surface area (TPSA) is 111 Å². The fourth-order valence-corrected chi connectivity index (χ4v) is 10.0. The zero-order valence-corrected chi connectivity index (χ0v) is 26.4. The number of rotatable bonds is 6. The molecule has 0 radical (unpaired) electrons. The molecule has 1 aromatic rings. The zero-order chi connectivity index (χ0) is 31.1. The predicted octanol–water partition coefficient (Wildman–Crippen LogP) is 5.29. The Labute approximate surface area is 253 Å². The first-order chi connectivity index (χ1) is 20.3. The minimum Gasteiger partial charge on any atom is -0.472 e. The van der Waals surface area contributed by atoms with Crippen molar-refractivity contribution in [3.63, 3.8) is 0 Å². The number of furan rings is 1. The van der Waals surface area contributed by atoms with Crippen LogP contribution in [-0.2, 0) is 38.1 Å². The van der Waals surface area contributed by atoms with Crippen molar-refractivity contribution in [2.24, 2.45) is 28.1 Å². The van der Waals surface area contributed by atoms with Crippen LogP contribution in [0.4, 0.5) is 0 Å². The summed E-state index contributed by atoms with van der Waals surface area (Å²) >= 11 is 0. The van der Waals surface area contributed by atoms with Crippen LogP contribution in [0.3, 0.4) is 0 Å². The molecule has 9 nitrogen and oxygen atoms in total. The van der Waals surface area contributed by atoms with E-state index in [1.807, 2.05) is 6.07 Å². The van der Waals surface area contributed by atoms with Gasteiger partial charge in [0.1, 0.15) is 12.2 Å². The van der Waals surface area contributed by atoms with E-state index in [-0.39, 0.29) is 48.5 Å². The minimum atomic E-state index is -0.741. The average Bonchev–Trinajstić information content (AvgIpc) is 3.73. The summed E-state index contributed by atoms with van der Waals surface area (Å²) in [6.07, 6.45) is 4.39. The standard InChI is InChI=1S/C34H44O9/c1-9-17(2)31(37)43-25-14-24(41-19(4)35)32(5)16-40-28-29(32)33(25,6)23(13-26(36)38-8)34(7)27-18(3)21(20-10-11-39-15-20)12-22(27)42-30(28)34/h9-11,15,21-25,28-30H,12-14,16H2,1-8H3/b17-9+/t21-,22+,23-,24-,25+,28-,29+,30-,32-,33+,34-/m1/s1. The van der Waals surface area contributed by atoms with Gasteiger partial charge in [-0.3, -0.25) is 9.59 Å². The Hall–Kier alpha value is -2.91. The summed E-state index contributed by atoms with van der Waals surface area (Å²) in [6.45, 7) is 13.9. The number of allylic oxidation sites excluding steroid dienone is 2. The third kappa shape index (κ3) is 4.13. The monoisotopic (exact) mass is 596 g/mol. The molecule has 3 aliphatic carbocycles. The van der Waals surface area contributed by atoms with Gasteiger partial charge in [-0.15, -0.1) is 0 Å². The van der Waals surface area contributed by atoms with E-state index >= 15 is 0 Å². The number of hydrogen-bond acceptors (Lipinski definition) is 9. The van der Waals surface area contributed by atoms with Gasteiger partial charge in [0.05, 0.1) is 44.6 Å². The van der Waals surface area contributed by atoms with Crippen molar-refractivity contribution >= 4 is 17.9 Å². The second kappa shape index (κ2) is 10.3. The highest BCUT2D eigenvalue weighted by Crippen LogP contribution is 2.74. The fraction of sp³-hybridized carbons (Fsp3) is 0.676. The lowest BCUT2D eigenvalue weighted by molar-refractivity contribution is -0.251. The molecule has 0 bridgehead atoms. The van der Waals surface area contributed by atoms with Gasteiger partial charge in [-0.05, 0) is 50.3 Å². The van der Waals surface area contributed by atoms with E-state index in [0.717, 1.165) is 12.0 Å². The van der Waals surface area contributed by atoms with Gasteiger partial charge in [0.15, 0.2) is 0 Å². The van der Waals surface area contributed by atoms with Crippen molar-refractivity contribution in [2.75, 3.05) is 13.7 Å². The van der Waals surface area contributed by atoms with E-state index < -0.39 is 40.4 Å². The summed E-state index contributed by atoms with van der Waals surface area (Å²) in [4.78, 5) is 39.0. The summed E-state index contributed by atoms with van der Waals surface area (Å²) in [6, 6.07) is 2.00. The van der Waals surface area contributed by atoms with Crippen LogP contribution in [0.2, 0.25) is 0 Å². The molecule has 0 N–H and O–H groups in total. The Morgan fingerprint density at radius 1 is 1.09 bits per heavy atom. The van der Waals surface area contributed by atoms with Crippen LogP contribution in [0.15, 0.2) is 45.8 Å². The molecule has 2 aliphatic heterocycles. The van der Waals surface area contributed by atoms with Gasteiger partial charge >= 0.3 is 17.9 Å². The van der Waals surface area contributed by atoms with Gasteiger partial charge in [0.2, 0.25) is 0 Å². The van der Waals surface area contributed by atoms with Gasteiger partial charge < -0.3 is 28.1 Å². The van der Waals surface area contributed by atoms with Crippen molar-refractivity contribution in [2.45, 2.75) is 104 Å². The number of carbonyl (C=O) groups is 3. The molecule has 1 aromatic heterocycles. The van der Waals surface area contributed by atoms with Crippen LogP contribution >= 0.6 is 0 Å². The Balaban J connectivity index is 1.55. The second-order valence-electron chi connectivity index (χ2n) is 13.9. The number of hydrogen-bond donors (Lipinski definition) is 0. The summed E-state index contributed by atoms with van der Waals surface area (Å²) in [5.74, 6) is -1.54. The van der Waals surface area contributed by atoms with Crippen LogP contribution in [0.25, 0.3) is 0 Å². The minimum absolute atomic E-state index is 0.122. The highest BCUT2D eigenvalue weighted by atomic mass is 16.6. The normalized spacial score (nSPS) is 43.1. The van der Waals surface area contributed by atoms with E-state index in [9.17, 15) is 14.4 Å². The van der Waals surface area contributed by atoms with Crippen LogP contribution in [-0.4, -0.2) is 62.1 Å². The molecule has 4 fully saturated rings. The third-order valence-corrected chi connectivity index (χ3v) is 12.0. The van der Waals surface area contributed by atoms with Crippen LogP contribution in [0.1, 0.15) is 79.2 Å². The maximum absolute atomic E-state index is 13.4. The van der Waals surface area contributed by atoms with Crippen molar-refractivity contribution in [3.8, 4) is 0 Å². The lowest BCUT2D eigenvalue weighted by atomic mass is 9.40. The molecule has 2 saturated carbocycles. The van der Waals surface area contributed by atoms with E-state index in [1.165, 1.54) is 25.2 Å². The first kappa shape index (κ1) is 30.1. The van der Waals surface area contributed by atoms with E-state index in [4.69, 9.17) is 28.1 Å². The summed E-state index contributed by atoms with van der Waals surface area (Å²) < 4.78 is 36.8. The largest absolute Gasteiger partial charge is 0.472 e. The molecule has 2 saturated heterocycles. The van der Waals surface area contributed by atoms with Crippen LogP contribution in [0, 0.1) is 28.1 Å². The van der Waals surface area contributed by atoms with Crippen molar-refractivity contribution in [1.82, 2.24) is 0 Å². The SMILES string of the molecule is C/C=C(\C)C(=O)O[C@H]1C[C@@H](OC(C)=O)[C@@]2(C)CO[C@H]3[C@H]4O[C@H]5C[C@@H](c6ccoc6)C(C)=C5[C@@]4(C)[C@H](CC(=O)OC)[C@]1(C)[C@@H]32. The molecule has 0 spiro atoms. The Bertz CT molecular complexity index is 1380. The average molecular weight is 597 g/mol. The molecule has 6 rings (SSSR count).